The second-order valence-electron chi connectivity index (χ2n) is 6.02. The van der Waals surface area contributed by atoms with Gasteiger partial charge in [-0.25, -0.2) is 4.98 Å². The van der Waals surface area contributed by atoms with Crippen molar-refractivity contribution in [2.75, 3.05) is 18.1 Å². The third kappa shape index (κ3) is 4.49. The standard InChI is InChI=1S/C20H22N4O2S/c1-3-21-20(26)14-7-6-8-15(11-14)22-19(25)12-24-17-10-5-4-9-16(17)23-18(24)13-27-2/h4-11H,3,12-13H2,1-2H3,(H,21,26)(H,22,25). The van der Waals surface area contributed by atoms with E-state index in [-0.39, 0.29) is 18.4 Å². The Morgan fingerprint density at radius 3 is 2.74 bits per heavy atom. The van der Waals surface area contributed by atoms with Crippen molar-refractivity contribution in [3.8, 4) is 0 Å². The van der Waals surface area contributed by atoms with E-state index < -0.39 is 0 Å². The van der Waals surface area contributed by atoms with E-state index in [9.17, 15) is 9.59 Å². The van der Waals surface area contributed by atoms with Gasteiger partial charge in [0, 0.05) is 17.8 Å². The highest BCUT2D eigenvalue weighted by Crippen LogP contribution is 2.19. The van der Waals surface area contributed by atoms with Crippen molar-refractivity contribution in [1.29, 1.82) is 0 Å². The van der Waals surface area contributed by atoms with Gasteiger partial charge in [-0.1, -0.05) is 18.2 Å². The molecule has 7 heteroatoms. The number of para-hydroxylation sites is 2. The van der Waals surface area contributed by atoms with Gasteiger partial charge in [-0.3, -0.25) is 9.59 Å². The van der Waals surface area contributed by atoms with Crippen molar-refractivity contribution in [2.24, 2.45) is 0 Å². The minimum Gasteiger partial charge on any atom is -0.352 e. The molecule has 0 radical (unpaired) electrons. The summed E-state index contributed by atoms with van der Waals surface area (Å²) in [6.07, 6.45) is 2.01. The van der Waals surface area contributed by atoms with Crippen LogP contribution < -0.4 is 10.6 Å². The number of fused-ring (bicyclic) bond motifs is 1. The van der Waals surface area contributed by atoms with Crippen molar-refractivity contribution in [3.05, 3.63) is 59.9 Å². The van der Waals surface area contributed by atoms with E-state index in [1.54, 1.807) is 36.0 Å². The van der Waals surface area contributed by atoms with Crippen molar-refractivity contribution >= 4 is 40.3 Å². The third-order valence-electron chi connectivity index (χ3n) is 4.05. The van der Waals surface area contributed by atoms with Crippen LogP contribution in [0.1, 0.15) is 23.1 Å². The van der Waals surface area contributed by atoms with Crippen molar-refractivity contribution < 1.29 is 9.59 Å². The number of aromatic nitrogens is 2. The molecule has 0 aliphatic heterocycles. The minimum absolute atomic E-state index is 0.156. The van der Waals surface area contributed by atoms with Crippen LogP contribution in [0.5, 0.6) is 0 Å². The zero-order chi connectivity index (χ0) is 19.2. The zero-order valence-corrected chi connectivity index (χ0v) is 16.2. The number of anilines is 1. The monoisotopic (exact) mass is 382 g/mol. The highest BCUT2D eigenvalue weighted by molar-refractivity contribution is 7.97. The Balaban J connectivity index is 1.78. The largest absolute Gasteiger partial charge is 0.352 e. The van der Waals surface area contributed by atoms with Crippen LogP contribution in [-0.2, 0) is 17.1 Å². The SMILES string of the molecule is CCNC(=O)c1cccc(NC(=O)Cn2c(CSC)nc3ccccc32)c1. The summed E-state index contributed by atoms with van der Waals surface area (Å²) in [5.74, 6) is 1.29. The van der Waals surface area contributed by atoms with Gasteiger partial charge in [0.2, 0.25) is 5.91 Å². The maximum absolute atomic E-state index is 12.6. The fourth-order valence-corrected chi connectivity index (χ4v) is 3.36. The molecule has 3 rings (SSSR count). The summed E-state index contributed by atoms with van der Waals surface area (Å²) in [6, 6.07) is 14.7. The van der Waals surface area contributed by atoms with Crippen molar-refractivity contribution in [3.63, 3.8) is 0 Å². The van der Waals surface area contributed by atoms with E-state index in [1.165, 1.54) is 0 Å². The highest BCUT2D eigenvalue weighted by Gasteiger charge is 2.14. The molecule has 0 spiro atoms. The Bertz CT molecular complexity index is 968. The molecule has 1 heterocycles. The lowest BCUT2D eigenvalue weighted by atomic mass is 10.2. The molecular formula is C20H22N4O2S. The van der Waals surface area contributed by atoms with Gasteiger partial charge in [0.05, 0.1) is 16.8 Å². The summed E-state index contributed by atoms with van der Waals surface area (Å²) < 4.78 is 1.94. The molecule has 0 aliphatic rings. The van der Waals surface area contributed by atoms with Gasteiger partial charge in [0.15, 0.2) is 0 Å². The maximum Gasteiger partial charge on any atom is 0.251 e. The lowest BCUT2D eigenvalue weighted by molar-refractivity contribution is -0.116. The van der Waals surface area contributed by atoms with E-state index in [0.717, 1.165) is 22.6 Å². The Hall–Kier alpha value is -2.80. The fraction of sp³-hybridized carbons (Fsp3) is 0.250. The quantitative estimate of drug-likeness (QED) is 0.657. The molecule has 3 aromatic rings. The van der Waals surface area contributed by atoms with Gasteiger partial charge in [-0.2, -0.15) is 11.8 Å². The molecule has 0 saturated carbocycles. The summed E-state index contributed by atoms with van der Waals surface area (Å²) in [7, 11) is 0. The molecule has 2 N–H and O–H groups in total. The van der Waals surface area contributed by atoms with Crippen LogP contribution in [0.25, 0.3) is 11.0 Å². The zero-order valence-electron chi connectivity index (χ0n) is 15.4. The fourth-order valence-electron chi connectivity index (χ4n) is 2.89. The van der Waals surface area contributed by atoms with Gasteiger partial charge >= 0.3 is 0 Å². The van der Waals surface area contributed by atoms with Gasteiger partial charge in [0.25, 0.3) is 5.91 Å². The summed E-state index contributed by atoms with van der Waals surface area (Å²) >= 11 is 1.67. The number of nitrogens with one attached hydrogen (secondary N) is 2. The first-order chi connectivity index (χ1) is 13.1. The van der Waals surface area contributed by atoms with Crippen LogP contribution in [0.4, 0.5) is 5.69 Å². The van der Waals surface area contributed by atoms with Crippen LogP contribution in [0.3, 0.4) is 0 Å². The van der Waals surface area contributed by atoms with Gasteiger partial charge < -0.3 is 15.2 Å². The lowest BCUT2D eigenvalue weighted by Gasteiger charge is -2.10. The number of amides is 2. The molecule has 0 saturated heterocycles. The number of hydrogen-bond donors (Lipinski definition) is 2. The first-order valence-electron chi connectivity index (χ1n) is 8.73. The summed E-state index contributed by atoms with van der Waals surface area (Å²) in [4.78, 5) is 29.2. The second-order valence-corrected chi connectivity index (χ2v) is 6.89. The van der Waals surface area contributed by atoms with E-state index in [2.05, 4.69) is 15.6 Å². The lowest BCUT2D eigenvalue weighted by Crippen LogP contribution is -2.23. The molecule has 0 unspecified atom stereocenters. The van der Waals surface area contributed by atoms with Gasteiger partial charge in [-0.05, 0) is 43.5 Å². The van der Waals surface area contributed by atoms with E-state index >= 15 is 0 Å². The average molecular weight is 382 g/mol. The van der Waals surface area contributed by atoms with Crippen molar-refractivity contribution in [1.82, 2.24) is 14.9 Å². The number of rotatable bonds is 7. The Kier molecular flexibility index (Phi) is 6.13. The number of carbonyl (C=O) groups is 2. The Labute approximate surface area is 162 Å². The molecule has 27 heavy (non-hydrogen) atoms. The number of nitrogens with zero attached hydrogens (tertiary/aromatic N) is 2. The smallest absolute Gasteiger partial charge is 0.251 e. The van der Waals surface area contributed by atoms with E-state index in [1.807, 2.05) is 42.0 Å². The van der Waals surface area contributed by atoms with E-state index in [4.69, 9.17) is 0 Å². The van der Waals surface area contributed by atoms with Gasteiger partial charge in [0.1, 0.15) is 12.4 Å². The second kappa shape index (κ2) is 8.73. The number of hydrogen-bond acceptors (Lipinski definition) is 4. The predicted molar refractivity (Wildman–Crippen MR) is 110 cm³/mol. The molecule has 6 nitrogen and oxygen atoms in total. The normalized spacial score (nSPS) is 10.7. The predicted octanol–water partition coefficient (Wildman–Crippen LogP) is 3.29. The first kappa shape index (κ1) is 19.0. The van der Waals surface area contributed by atoms with Crippen LogP contribution in [-0.4, -0.2) is 34.2 Å². The molecule has 140 valence electrons. The topological polar surface area (TPSA) is 76.0 Å². The van der Waals surface area contributed by atoms with Crippen LogP contribution in [0, 0.1) is 0 Å². The molecule has 1 aromatic heterocycles. The first-order valence-corrected chi connectivity index (χ1v) is 10.1. The molecule has 2 amide bonds. The molecule has 2 aromatic carbocycles. The molecule has 0 bridgehead atoms. The third-order valence-corrected chi connectivity index (χ3v) is 4.60. The number of carbonyl (C=O) groups excluding carboxylic acids is 2. The Morgan fingerprint density at radius 1 is 1.15 bits per heavy atom. The van der Waals surface area contributed by atoms with Crippen LogP contribution >= 0.6 is 11.8 Å². The number of imidazole rings is 1. The van der Waals surface area contributed by atoms with E-state index in [0.29, 0.717) is 17.8 Å². The summed E-state index contributed by atoms with van der Waals surface area (Å²) in [5, 5.41) is 5.63. The number of benzene rings is 2. The van der Waals surface area contributed by atoms with Crippen LogP contribution in [0.2, 0.25) is 0 Å². The summed E-state index contributed by atoms with van der Waals surface area (Å²) in [6.45, 7) is 2.59. The van der Waals surface area contributed by atoms with Crippen molar-refractivity contribution in [2.45, 2.75) is 19.2 Å². The molecule has 0 aliphatic carbocycles. The van der Waals surface area contributed by atoms with Gasteiger partial charge in [-0.15, -0.1) is 0 Å². The average Bonchev–Trinajstić information content (AvgIpc) is 3.00. The number of thioether (sulfide) groups is 1. The molecular weight excluding hydrogens is 360 g/mol. The minimum atomic E-state index is -0.159. The highest BCUT2D eigenvalue weighted by atomic mass is 32.2. The molecule has 0 fully saturated rings. The summed E-state index contributed by atoms with van der Waals surface area (Å²) in [5.41, 5.74) is 2.94. The molecule has 0 atom stereocenters. The Morgan fingerprint density at radius 2 is 1.96 bits per heavy atom. The van der Waals surface area contributed by atoms with Crippen LogP contribution in [0.15, 0.2) is 48.5 Å². The maximum atomic E-state index is 12.6.